The van der Waals surface area contributed by atoms with Crippen molar-refractivity contribution in [2.45, 2.75) is 10.3 Å². The van der Waals surface area contributed by atoms with E-state index in [0.29, 0.717) is 32.0 Å². The second kappa shape index (κ2) is 9.94. The van der Waals surface area contributed by atoms with Crippen LogP contribution in [-0.2, 0) is 4.79 Å². The molecule has 0 heterocycles. The van der Waals surface area contributed by atoms with Crippen LogP contribution in [0.3, 0.4) is 0 Å². The maximum absolute atomic E-state index is 13.0. The molecule has 2 amide bonds. The maximum atomic E-state index is 13.0. The van der Waals surface area contributed by atoms with Crippen molar-refractivity contribution >= 4 is 104 Å². The zero-order valence-corrected chi connectivity index (χ0v) is 22.1. The standard InChI is InChI=1S/C23H13Cl7N2O2/c24-11-5-10(6-12(25)7-11)19-20(23(19,29)30)22(34)32-13-1-3-16(26)15(8-13)21(33)31-14-2-4-17(27)18(28)9-14/h1-9,19-20H,(H,31,33)(H,32,34). The molecule has 0 bridgehead atoms. The monoisotopic (exact) mass is 594 g/mol. The van der Waals surface area contributed by atoms with Crippen molar-refractivity contribution in [3.63, 3.8) is 0 Å². The van der Waals surface area contributed by atoms with E-state index in [0.717, 1.165) is 0 Å². The summed E-state index contributed by atoms with van der Waals surface area (Å²) in [5, 5.41) is 7.09. The van der Waals surface area contributed by atoms with Crippen LogP contribution in [0.5, 0.6) is 0 Å². The average molecular weight is 598 g/mol. The first kappa shape index (κ1) is 25.7. The smallest absolute Gasteiger partial charge is 0.257 e. The van der Waals surface area contributed by atoms with Gasteiger partial charge in [0.05, 0.1) is 26.5 Å². The molecule has 1 aliphatic rings. The van der Waals surface area contributed by atoms with E-state index in [2.05, 4.69) is 10.6 Å². The van der Waals surface area contributed by atoms with E-state index in [9.17, 15) is 9.59 Å². The molecule has 1 fully saturated rings. The minimum Gasteiger partial charge on any atom is -0.326 e. The van der Waals surface area contributed by atoms with Gasteiger partial charge in [0, 0.05) is 27.3 Å². The Labute approximate surface area is 230 Å². The van der Waals surface area contributed by atoms with E-state index in [4.69, 9.17) is 81.2 Å². The number of carbonyl (C=O) groups is 2. The summed E-state index contributed by atoms with van der Waals surface area (Å²) in [5.74, 6) is -2.18. The second-order valence-corrected chi connectivity index (χ2v) is 11.1. The third kappa shape index (κ3) is 5.39. The van der Waals surface area contributed by atoms with E-state index >= 15 is 0 Å². The Morgan fingerprint density at radius 3 is 1.91 bits per heavy atom. The van der Waals surface area contributed by atoms with Gasteiger partial charge in [0.25, 0.3) is 5.91 Å². The van der Waals surface area contributed by atoms with Crippen LogP contribution in [0.1, 0.15) is 21.8 Å². The number of nitrogens with one attached hydrogen (secondary N) is 2. The molecule has 3 aromatic carbocycles. The molecule has 1 saturated carbocycles. The fourth-order valence-corrected chi connectivity index (χ4v) is 5.46. The van der Waals surface area contributed by atoms with Gasteiger partial charge >= 0.3 is 0 Å². The quantitative estimate of drug-likeness (QED) is 0.289. The lowest BCUT2D eigenvalue weighted by molar-refractivity contribution is -0.117. The molecule has 4 nitrogen and oxygen atoms in total. The van der Waals surface area contributed by atoms with E-state index in [1.807, 2.05) is 0 Å². The summed E-state index contributed by atoms with van der Waals surface area (Å²) < 4.78 is -1.33. The van der Waals surface area contributed by atoms with E-state index in [-0.39, 0.29) is 15.6 Å². The molecule has 34 heavy (non-hydrogen) atoms. The summed E-state index contributed by atoms with van der Waals surface area (Å²) in [6.07, 6.45) is 0. The third-order valence-electron chi connectivity index (χ3n) is 5.24. The van der Waals surface area contributed by atoms with Crippen molar-refractivity contribution in [3.8, 4) is 0 Å². The Hall–Kier alpha value is -1.37. The Bertz CT molecular complexity index is 1290. The molecule has 0 spiro atoms. The molecule has 0 aliphatic heterocycles. The first-order valence-corrected chi connectivity index (χ1v) is 12.3. The van der Waals surface area contributed by atoms with E-state index < -0.39 is 28.0 Å². The van der Waals surface area contributed by atoms with Crippen LogP contribution in [0.25, 0.3) is 0 Å². The molecule has 2 unspecified atom stereocenters. The molecule has 0 radical (unpaired) electrons. The van der Waals surface area contributed by atoms with Gasteiger partial charge in [-0.25, -0.2) is 0 Å². The highest BCUT2D eigenvalue weighted by atomic mass is 35.5. The summed E-state index contributed by atoms with van der Waals surface area (Å²) in [4.78, 5) is 25.7. The lowest BCUT2D eigenvalue weighted by Gasteiger charge is -2.11. The Morgan fingerprint density at radius 1 is 0.706 bits per heavy atom. The number of halogens is 7. The highest BCUT2D eigenvalue weighted by Gasteiger charge is 2.67. The lowest BCUT2D eigenvalue weighted by atomic mass is 10.1. The van der Waals surface area contributed by atoms with Gasteiger partial charge in [0.1, 0.15) is 4.33 Å². The highest BCUT2D eigenvalue weighted by molar-refractivity contribution is 6.53. The molecule has 11 heteroatoms. The largest absolute Gasteiger partial charge is 0.326 e. The van der Waals surface area contributed by atoms with Crippen LogP contribution >= 0.6 is 81.2 Å². The molecule has 0 saturated heterocycles. The number of hydrogen-bond acceptors (Lipinski definition) is 2. The maximum Gasteiger partial charge on any atom is 0.257 e. The van der Waals surface area contributed by atoms with Crippen LogP contribution in [0.15, 0.2) is 54.6 Å². The first-order valence-electron chi connectivity index (χ1n) is 9.68. The Morgan fingerprint density at radius 2 is 1.29 bits per heavy atom. The van der Waals surface area contributed by atoms with Crippen molar-refractivity contribution in [2.24, 2.45) is 5.92 Å². The Kier molecular flexibility index (Phi) is 7.52. The van der Waals surface area contributed by atoms with Gasteiger partial charge in [-0.3, -0.25) is 9.59 Å². The molecule has 2 atom stereocenters. The van der Waals surface area contributed by atoms with Gasteiger partial charge in [0.15, 0.2) is 0 Å². The van der Waals surface area contributed by atoms with Gasteiger partial charge in [-0.1, -0.05) is 58.0 Å². The summed E-state index contributed by atoms with van der Waals surface area (Å²) in [6.45, 7) is 0. The topological polar surface area (TPSA) is 58.2 Å². The Balaban J connectivity index is 1.51. The normalized spacial score (nSPS) is 18.3. The molecule has 176 valence electrons. The number of amides is 2. The molecule has 0 aromatic heterocycles. The van der Waals surface area contributed by atoms with Crippen molar-refractivity contribution in [2.75, 3.05) is 10.6 Å². The van der Waals surface area contributed by atoms with E-state index in [1.165, 1.54) is 18.2 Å². The van der Waals surface area contributed by atoms with Crippen LogP contribution < -0.4 is 10.6 Å². The SMILES string of the molecule is O=C(Nc1ccc(Cl)c(Cl)c1)c1cc(NC(=O)C2C(c3cc(Cl)cc(Cl)c3)C2(Cl)Cl)ccc1Cl. The number of carbonyl (C=O) groups excluding carboxylic acids is 2. The van der Waals surface area contributed by atoms with Crippen LogP contribution in [0.4, 0.5) is 11.4 Å². The molecule has 3 aromatic rings. The summed E-state index contributed by atoms with van der Waals surface area (Å²) >= 11 is 43.1. The van der Waals surface area contributed by atoms with Crippen LogP contribution in [-0.4, -0.2) is 16.1 Å². The lowest BCUT2D eigenvalue weighted by Crippen LogP contribution is -2.18. The predicted octanol–water partition coefficient (Wildman–Crippen LogP) is 8.73. The van der Waals surface area contributed by atoms with E-state index in [1.54, 1.807) is 36.4 Å². The summed E-state index contributed by atoms with van der Waals surface area (Å²) in [7, 11) is 0. The predicted molar refractivity (Wildman–Crippen MR) is 142 cm³/mol. The van der Waals surface area contributed by atoms with Crippen molar-refractivity contribution in [1.82, 2.24) is 0 Å². The van der Waals surface area contributed by atoms with Gasteiger partial charge in [0.2, 0.25) is 5.91 Å². The van der Waals surface area contributed by atoms with Crippen molar-refractivity contribution < 1.29 is 9.59 Å². The summed E-state index contributed by atoms with van der Waals surface area (Å²) in [6, 6.07) is 14.1. The second-order valence-electron chi connectivity index (χ2n) is 7.60. The van der Waals surface area contributed by atoms with Gasteiger partial charge in [-0.05, 0) is 60.2 Å². The molecular formula is C23H13Cl7N2O2. The number of benzene rings is 3. The average Bonchev–Trinajstić information content (AvgIpc) is 3.33. The molecule has 2 N–H and O–H groups in total. The minimum atomic E-state index is -1.33. The summed E-state index contributed by atoms with van der Waals surface area (Å²) in [5.41, 5.74) is 1.57. The molecule has 4 rings (SSSR count). The number of alkyl halides is 2. The molecular weight excluding hydrogens is 584 g/mol. The van der Waals surface area contributed by atoms with Gasteiger partial charge < -0.3 is 10.6 Å². The van der Waals surface area contributed by atoms with Crippen LogP contribution in [0.2, 0.25) is 25.1 Å². The zero-order valence-electron chi connectivity index (χ0n) is 16.8. The van der Waals surface area contributed by atoms with Crippen molar-refractivity contribution in [1.29, 1.82) is 0 Å². The number of rotatable bonds is 5. The fourth-order valence-electron chi connectivity index (χ4n) is 3.59. The number of anilines is 2. The van der Waals surface area contributed by atoms with Gasteiger partial charge in [-0.2, -0.15) is 0 Å². The molecule has 1 aliphatic carbocycles. The number of hydrogen-bond donors (Lipinski definition) is 2. The van der Waals surface area contributed by atoms with Crippen LogP contribution in [0, 0.1) is 5.92 Å². The zero-order chi connectivity index (χ0) is 24.8. The van der Waals surface area contributed by atoms with Gasteiger partial charge in [-0.15, -0.1) is 23.2 Å². The third-order valence-corrected chi connectivity index (χ3v) is 7.68. The fraction of sp³-hybridized carbons (Fsp3) is 0.130. The minimum absolute atomic E-state index is 0.141. The first-order chi connectivity index (χ1) is 16.0. The highest BCUT2D eigenvalue weighted by Crippen LogP contribution is 2.65. The van der Waals surface area contributed by atoms with Crippen molar-refractivity contribution in [3.05, 3.63) is 90.8 Å².